The van der Waals surface area contributed by atoms with Crippen molar-refractivity contribution >= 4 is 0 Å². The first-order chi connectivity index (χ1) is 7.01. The highest BCUT2D eigenvalue weighted by Crippen LogP contribution is 2.26. The Kier molecular flexibility index (Phi) is 3.82. The SMILES string of the molecule is CCC(C)(C)C(Cc1ncnn1C)NN. The standard InChI is InChI=1S/C10H21N5/c1-5-10(2,3)8(14-11)6-9-12-7-13-15(9)4/h7-8,14H,5-6,11H2,1-4H3. The molecule has 1 atom stereocenters. The van der Waals surface area contributed by atoms with E-state index in [4.69, 9.17) is 5.84 Å². The fourth-order valence-electron chi connectivity index (χ4n) is 1.49. The van der Waals surface area contributed by atoms with Gasteiger partial charge >= 0.3 is 0 Å². The minimum atomic E-state index is 0.153. The summed E-state index contributed by atoms with van der Waals surface area (Å²) in [5, 5.41) is 4.05. The van der Waals surface area contributed by atoms with Crippen molar-refractivity contribution in [1.29, 1.82) is 0 Å². The van der Waals surface area contributed by atoms with E-state index in [-0.39, 0.29) is 11.5 Å². The highest BCUT2D eigenvalue weighted by Gasteiger charge is 2.28. The average molecular weight is 211 g/mol. The Hall–Kier alpha value is -0.940. The lowest BCUT2D eigenvalue weighted by atomic mass is 9.80. The van der Waals surface area contributed by atoms with Crippen LogP contribution in [0.3, 0.4) is 0 Å². The Morgan fingerprint density at radius 1 is 1.60 bits per heavy atom. The molecule has 0 aliphatic heterocycles. The molecular weight excluding hydrogens is 190 g/mol. The molecule has 0 aromatic carbocycles. The predicted molar refractivity (Wildman–Crippen MR) is 59.9 cm³/mol. The highest BCUT2D eigenvalue weighted by atomic mass is 15.3. The lowest BCUT2D eigenvalue weighted by molar-refractivity contribution is 0.227. The summed E-state index contributed by atoms with van der Waals surface area (Å²) in [6.45, 7) is 6.57. The van der Waals surface area contributed by atoms with Crippen LogP contribution in [0.1, 0.15) is 33.0 Å². The van der Waals surface area contributed by atoms with E-state index in [9.17, 15) is 0 Å². The quantitative estimate of drug-likeness (QED) is 0.553. The van der Waals surface area contributed by atoms with Gasteiger partial charge in [-0.2, -0.15) is 5.10 Å². The van der Waals surface area contributed by atoms with E-state index >= 15 is 0 Å². The molecule has 0 aliphatic rings. The molecule has 0 fully saturated rings. The summed E-state index contributed by atoms with van der Waals surface area (Å²) < 4.78 is 1.79. The number of nitrogens with one attached hydrogen (secondary N) is 1. The average Bonchev–Trinajstić information content (AvgIpc) is 2.60. The maximum atomic E-state index is 5.59. The van der Waals surface area contributed by atoms with Crippen molar-refractivity contribution in [3.8, 4) is 0 Å². The molecule has 5 heteroatoms. The summed E-state index contributed by atoms with van der Waals surface area (Å²) in [5.41, 5.74) is 3.03. The third kappa shape index (κ3) is 2.76. The van der Waals surface area contributed by atoms with Gasteiger partial charge in [0.2, 0.25) is 0 Å². The molecule has 3 N–H and O–H groups in total. The number of aromatic nitrogens is 3. The first-order valence-corrected chi connectivity index (χ1v) is 5.30. The summed E-state index contributed by atoms with van der Waals surface area (Å²) in [5.74, 6) is 6.55. The maximum Gasteiger partial charge on any atom is 0.138 e. The van der Waals surface area contributed by atoms with Crippen molar-refractivity contribution in [1.82, 2.24) is 20.2 Å². The normalized spacial score (nSPS) is 14.2. The van der Waals surface area contributed by atoms with Gasteiger partial charge in [0.15, 0.2) is 0 Å². The van der Waals surface area contributed by atoms with Gasteiger partial charge in [0.25, 0.3) is 0 Å². The molecule has 0 amide bonds. The summed E-state index contributed by atoms with van der Waals surface area (Å²) in [6.07, 6.45) is 3.44. The van der Waals surface area contributed by atoms with Crippen LogP contribution in [-0.2, 0) is 13.5 Å². The van der Waals surface area contributed by atoms with Crippen molar-refractivity contribution in [2.24, 2.45) is 18.3 Å². The minimum Gasteiger partial charge on any atom is -0.271 e. The topological polar surface area (TPSA) is 68.8 Å². The van der Waals surface area contributed by atoms with Gasteiger partial charge < -0.3 is 0 Å². The summed E-state index contributed by atoms with van der Waals surface area (Å²) >= 11 is 0. The lowest BCUT2D eigenvalue weighted by Gasteiger charge is -2.32. The second-order valence-corrected chi connectivity index (χ2v) is 4.57. The molecule has 0 bridgehead atoms. The van der Waals surface area contributed by atoms with E-state index in [0.717, 1.165) is 18.7 Å². The number of hydrogen-bond acceptors (Lipinski definition) is 4. The Bertz CT molecular complexity index is 305. The molecule has 1 aromatic heterocycles. The van der Waals surface area contributed by atoms with Gasteiger partial charge in [-0.05, 0) is 11.8 Å². The zero-order valence-electron chi connectivity index (χ0n) is 9.99. The molecule has 0 saturated carbocycles. The van der Waals surface area contributed by atoms with Gasteiger partial charge in [-0.3, -0.25) is 16.0 Å². The first-order valence-electron chi connectivity index (χ1n) is 5.30. The van der Waals surface area contributed by atoms with E-state index in [1.807, 2.05) is 7.05 Å². The number of nitrogens with zero attached hydrogens (tertiary/aromatic N) is 3. The van der Waals surface area contributed by atoms with Crippen LogP contribution in [0.15, 0.2) is 6.33 Å². The number of aryl methyl sites for hydroxylation is 1. The van der Waals surface area contributed by atoms with Gasteiger partial charge in [-0.1, -0.05) is 20.8 Å². The third-order valence-corrected chi connectivity index (χ3v) is 3.25. The zero-order valence-corrected chi connectivity index (χ0v) is 9.99. The third-order valence-electron chi connectivity index (χ3n) is 3.25. The van der Waals surface area contributed by atoms with Gasteiger partial charge in [0.05, 0.1) is 0 Å². The van der Waals surface area contributed by atoms with E-state index in [0.29, 0.717) is 0 Å². The predicted octanol–water partition coefficient (Wildman–Crippen LogP) is 0.626. The Morgan fingerprint density at radius 3 is 2.67 bits per heavy atom. The molecule has 86 valence electrons. The van der Waals surface area contributed by atoms with Crippen molar-refractivity contribution in [2.75, 3.05) is 0 Å². The Morgan fingerprint density at radius 2 is 2.27 bits per heavy atom. The molecular formula is C10H21N5. The second-order valence-electron chi connectivity index (χ2n) is 4.57. The van der Waals surface area contributed by atoms with Gasteiger partial charge in [-0.25, -0.2) is 4.98 Å². The molecule has 0 spiro atoms. The lowest BCUT2D eigenvalue weighted by Crippen LogP contribution is -2.47. The van der Waals surface area contributed by atoms with Crippen molar-refractivity contribution < 1.29 is 0 Å². The smallest absolute Gasteiger partial charge is 0.138 e. The molecule has 5 nitrogen and oxygen atoms in total. The van der Waals surface area contributed by atoms with Crippen molar-refractivity contribution in [2.45, 2.75) is 39.7 Å². The van der Waals surface area contributed by atoms with Crippen LogP contribution in [0, 0.1) is 5.41 Å². The van der Waals surface area contributed by atoms with Crippen LogP contribution in [0.2, 0.25) is 0 Å². The van der Waals surface area contributed by atoms with Crippen LogP contribution in [-0.4, -0.2) is 20.8 Å². The summed E-state index contributed by atoms with van der Waals surface area (Å²) in [6, 6.07) is 0.213. The molecule has 0 saturated heterocycles. The van der Waals surface area contributed by atoms with E-state index in [1.165, 1.54) is 0 Å². The van der Waals surface area contributed by atoms with Crippen LogP contribution in [0.4, 0.5) is 0 Å². The fraction of sp³-hybridized carbons (Fsp3) is 0.800. The molecule has 1 heterocycles. The van der Waals surface area contributed by atoms with E-state index in [1.54, 1.807) is 11.0 Å². The van der Waals surface area contributed by atoms with Gasteiger partial charge in [-0.15, -0.1) is 0 Å². The fourth-order valence-corrected chi connectivity index (χ4v) is 1.49. The number of nitrogens with two attached hydrogens (primary N) is 1. The minimum absolute atomic E-state index is 0.153. The number of hydrogen-bond donors (Lipinski definition) is 2. The molecule has 1 unspecified atom stereocenters. The zero-order chi connectivity index (χ0) is 11.5. The molecule has 0 radical (unpaired) electrons. The van der Waals surface area contributed by atoms with Crippen LogP contribution >= 0.6 is 0 Å². The first kappa shape index (κ1) is 12.1. The number of hydrazine groups is 1. The van der Waals surface area contributed by atoms with E-state index < -0.39 is 0 Å². The molecule has 1 rings (SSSR count). The largest absolute Gasteiger partial charge is 0.271 e. The Labute approximate surface area is 91.0 Å². The Balaban J connectivity index is 2.74. The van der Waals surface area contributed by atoms with Gasteiger partial charge in [0.1, 0.15) is 12.2 Å². The van der Waals surface area contributed by atoms with Gasteiger partial charge in [0, 0.05) is 19.5 Å². The highest BCUT2D eigenvalue weighted by molar-refractivity contribution is 4.93. The maximum absolute atomic E-state index is 5.59. The van der Waals surface area contributed by atoms with Crippen molar-refractivity contribution in [3.63, 3.8) is 0 Å². The summed E-state index contributed by atoms with van der Waals surface area (Å²) in [4.78, 5) is 4.21. The van der Waals surface area contributed by atoms with E-state index in [2.05, 4.69) is 36.3 Å². The van der Waals surface area contributed by atoms with Crippen LogP contribution in [0.25, 0.3) is 0 Å². The molecule has 1 aromatic rings. The summed E-state index contributed by atoms with van der Waals surface area (Å²) in [7, 11) is 1.90. The van der Waals surface area contributed by atoms with Crippen LogP contribution in [0.5, 0.6) is 0 Å². The number of rotatable bonds is 5. The second kappa shape index (κ2) is 4.72. The molecule has 0 aliphatic carbocycles. The molecule has 15 heavy (non-hydrogen) atoms. The van der Waals surface area contributed by atoms with Crippen LogP contribution < -0.4 is 11.3 Å². The van der Waals surface area contributed by atoms with Crippen molar-refractivity contribution in [3.05, 3.63) is 12.2 Å². The monoisotopic (exact) mass is 211 g/mol.